The Bertz CT molecular complexity index is 304. The summed E-state index contributed by atoms with van der Waals surface area (Å²) in [4.78, 5) is 0. The van der Waals surface area contributed by atoms with E-state index in [2.05, 4.69) is 18.9 Å². The first-order valence-electron chi connectivity index (χ1n) is 6.46. The van der Waals surface area contributed by atoms with Crippen molar-refractivity contribution >= 4 is 5.82 Å². The van der Waals surface area contributed by atoms with Gasteiger partial charge in [0.05, 0.1) is 12.2 Å². The number of anilines is 1. The van der Waals surface area contributed by atoms with Crippen LogP contribution in [0.5, 0.6) is 0 Å². The molecule has 0 aromatic carbocycles. The zero-order valence-electron chi connectivity index (χ0n) is 10.9. The predicted molar refractivity (Wildman–Crippen MR) is 69.5 cm³/mol. The topological polar surface area (TPSA) is 43.8 Å². The van der Waals surface area contributed by atoms with Crippen molar-refractivity contribution in [1.29, 1.82) is 0 Å². The second-order valence-electron chi connectivity index (χ2n) is 4.71. The van der Waals surface area contributed by atoms with E-state index in [1.54, 1.807) is 0 Å². The van der Waals surface area contributed by atoms with Gasteiger partial charge in [-0.25, -0.2) is 4.68 Å². The van der Waals surface area contributed by atoms with Crippen LogP contribution in [0.15, 0.2) is 6.20 Å². The van der Waals surface area contributed by atoms with E-state index < -0.39 is 0 Å². The molecule has 0 aliphatic heterocycles. The average Bonchev–Trinajstić information content (AvgIpc) is 2.59. The van der Waals surface area contributed by atoms with Gasteiger partial charge < -0.3 is 5.73 Å². The SMILES string of the molecule is CCCCCCCC(C)n1ncc(C)c1N. The Morgan fingerprint density at radius 2 is 2.00 bits per heavy atom. The van der Waals surface area contributed by atoms with Crippen molar-refractivity contribution in [3.63, 3.8) is 0 Å². The molecule has 2 N–H and O–H groups in total. The van der Waals surface area contributed by atoms with Crippen LogP contribution < -0.4 is 5.73 Å². The van der Waals surface area contributed by atoms with Gasteiger partial charge in [-0.2, -0.15) is 5.10 Å². The van der Waals surface area contributed by atoms with Crippen LogP contribution in [0.1, 0.15) is 64.0 Å². The van der Waals surface area contributed by atoms with E-state index in [1.165, 1.54) is 38.5 Å². The molecule has 0 fully saturated rings. The molecule has 0 saturated carbocycles. The highest BCUT2D eigenvalue weighted by molar-refractivity contribution is 5.37. The molecule has 16 heavy (non-hydrogen) atoms. The molecular formula is C13H25N3. The molecule has 92 valence electrons. The molecule has 0 aliphatic rings. The molecular weight excluding hydrogens is 198 g/mol. The fraction of sp³-hybridized carbons (Fsp3) is 0.769. The fourth-order valence-electron chi connectivity index (χ4n) is 1.97. The first-order chi connectivity index (χ1) is 7.66. The van der Waals surface area contributed by atoms with Crippen molar-refractivity contribution in [2.45, 2.75) is 65.3 Å². The third kappa shape index (κ3) is 3.54. The third-order valence-corrected chi connectivity index (χ3v) is 3.17. The lowest BCUT2D eigenvalue weighted by molar-refractivity contribution is 0.439. The third-order valence-electron chi connectivity index (χ3n) is 3.17. The molecule has 0 radical (unpaired) electrons. The van der Waals surface area contributed by atoms with Gasteiger partial charge in [-0.1, -0.05) is 39.0 Å². The van der Waals surface area contributed by atoms with Crippen LogP contribution in [0.3, 0.4) is 0 Å². The van der Waals surface area contributed by atoms with Crippen molar-refractivity contribution in [3.8, 4) is 0 Å². The maximum atomic E-state index is 5.96. The van der Waals surface area contributed by atoms with Crippen LogP contribution in [0.2, 0.25) is 0 Å². The molecule has 1 rings (SSSR count). The van der Waals surface area contributed by atoms with Crippen molar-refractivity contribution < 1.29 is 0 Å². The lowest BCUT2D eigenvalue weighted by atomic mass is 10.1. The summed E-state index contributed by atoms with van der Waals surface area (Å²) in [7, 11) is 0. The highest BCUT2D eigenvalue weighted by Gasteiger charge is 2.09. The smallest absolute Gasteiger partial charge is 0.124 e. The summed E-state index contributed by atoms with van der Waals surface area (Å²) in [5.74, 6) is 0.820. The van der Waals surface area contributed by atoms with Crippen molar-refractivity contribution in [2.24, 2.45) is 0 Å². The van der Waals surface area contributed by atoms with Gasteiger partial charge in [0.1, 0.15) is 5.82 Å². The molecule has 3 nitrogen and oxygen atoms in total. The van der Waals surface area contributed by atoms with Gasteiger partial charge in [0.2, 0.25) is 0 Å². The highest BCUT2D eigenvalue weighted by Crippen LogP contribution is 2.20. The maximum absolute atomic E-state index is 5.96. The molecule has 1 aromatic heterocycles. The highest BCUT2D eigenvalue weighted by atomic mass is 15.3. The van der Waals surface area contributed by atoms with Gasteiger partial charge in [0, 0.05) is 5.56 Å². The van der Waals surface area contributed by atoms with Gasteiger partial charge >= 0.3 is 0 Å². The summed E-state index contributed by atoms with van der Waals surface area (Å²) >= 11 is 0. The Morgan fingerprint density at radius 1 is 1.31 bits per heavy atom. The van der Waals surface area contributed by atoms with Crippen LogP contribution in [-0.4, -0.2) is 9.78 Å². The summed E-state index contributed by atoms with van der Waals surface area (Å²) in [5.41, 5.74) is 7.04. The Hall–Kier alpha value is -0.990. The minimum atomic E-state index is 0.426. The molecule has 1 heterocycles. The summed E-state index contributed by atoms with van der Waals surface area (Å²) in [6, 6.07) is 0.426. The molecule has 0 amide bonds. The second kappa shape index (κ2) is 6.56. The van der Waals surface area contributed by atoms with Crippen molar-refractivity contribution in [3.05, 3.63) is 11.8 Å². The minimum absolute atomic E-state index is 0.426. The van der Waals surface area contributed by atoms with Gasteiger partial charge in [-0.15, -0.1) is 0 Å². The predicted octanol–water partition coefficient (Wildman–Crippen LogP) is 3.70. The monoisotopic (exact) mass is 223 g/mol. The van der Waals surface area contributed by atoms with Gasteiger partial charge in [-0.05, 0) is 20.3 Å². The van der Waals surface area contributed by atoms with Gasteiger partial charge in [0.15, 0.2) is 0 Å². The lowest BCUT2D eigenvalue weighted by Crippen LogP contribution is -2.10. The molecule has 0 bridgehead atoms. The van der Waals surface area contributed by atoms with Crippen LogP contribution in [-0.2, 0) is 0 Å². The van der Waals surface area contributed by atoms with Crippen molar-refractivity contribution in [2.75, 3.05) is 5.73 Å². The minimum Gasteiger partial charge on any atom is -0.384 e. The Morgan fingerprint density at radius 3 is 2.56 bits per heavy atom. The van der Waals surface area contributed by atoms with Gasteiger partial charge in [-0.3, -0.25) is 0 Å². The first kappa shape index (κ1) is 13.1. The Kier molecular flexibility index (Phi) is 5.36. The molecule has 1 atom stereocenters. The molecule has 0 saturated heterocycles. The number of nitrogen functional groups attached to an aromatic ring is 1. The number of hydrogen-bond acceptors (Lipinski definition) is 2. The summed E-state index contributed by atoms with van der Waals surface area (Å²) in [6.45, 7) is 6.45. The number of aryl methyl sites for hydroxylation is 1. The summed E-state index contributed by atoms with van der Waals surface area (Å²) < 4.78 is 1.95. The number of rotatable bonds is 7. The Balaban J connectivity index is 2.30. The van der Waals surface area contributed by atoms with Crippen LogP contribution in [0.25, 0.3) is 0 Å². The summed E-state index contributed by atoms with van der Waals surface area (Å²) in [6.07, 6.45) is 9.66. The maximum Gasteiger partial charge on any atom is 0.124 e. The number of nitrogens with zero attached hydrogens (tertiary/aromatic N) is 2. The van der Waals surface area contributed by atoms with E-state index in [0.29, 0.717) is 6.04 Å². The number of hydrogen-bond donors (Lipinski definition) is 1. The lowest BCUT2D eigenvalue weighted by Gasteiger charge is -2.13. The zero-order chi connectivity index (χ0) is 12.0. The first-order valence-corrected chi connectivity index (χ1v) is 6.46. The molecule has 1 aromatic rings. The van der Waals surface area contributed by atoms with Crippen LogP contribution in [0, 0.1) is 6.92 Å². The number of nitrogens with two attached hydrogens (primary N) is 1. The second-order valence-corrected chi connectivity index (χ2v) is 4.71. The van der Waals surface area contributed by atoms with Crippen LogP contribution in [0.4, 0.5) is 5.82 Å². The molecule has 0 aliphatic carbocycles. The molecule has 3 heteroatoms. The molecule has 0 spiro atoms. The average molecular weight is 223 g/mol. The fourth-order valence-corrected chi connectivity index (χ4v) is 1.97. The Labute approximate surface area is 99.0 Å². The van der Waals surface area contributed by atoms with E-state index >= 15 is 0 Å². The number of aromatic nitrogens is 2. The summed E-state index contributed by atoms with van der Waals surface area (Å²) in [5, 5.41) is 4.32. The van der Waals surface area contributed by atoms with Crippen LogP contribution >= 0.6 is 0 Å². The standard InChI is InChI=1S/C13H25N3/c1-4-5-6-7-8-9-12(3)16-13(14)11(2)10-15-16/h10,12H,4-9,14H2,1-3H3. The normalized spacial score (nSPS) is 12.9. The van der Waals surface area contributed by atoms with E-state index in [-0.39, 0.29) is 0 Å². The van der Waals surface area contributed by atoms with Crippen molar-refractivity contribution in [1.82, 2.24) is 9.78 Å². The largest absolute Gasteiger partial charge is 0.384 e. The van der Waals surface area contributed by atoms with E-state index in [9.17, 15) is 0 Å². The molecule has 1 unspecified atom stereocenters. The number of unbranched alkanes of at least 4 members (excludes halogenated alkanes) is 4. The van der Waals surface area contributed by atoms with Gasteiger partial charge in [0.25, 0.3) is 0 Å². The quantitative estimate of drug-likeness (QED) is 0.716. The van der Waals surface area contributed by atoms with E-state index in [0.717, 1.165) is 11.4 Å². The van der Waals surface area contributed by atoms with E-state index in [1.807, 2.05) is 17.8 Å². The van der Waals surface area contributed by atoms with E-state index in [4.69, 9.17) is 5.73 Å². The zero-order valence-corrected chi connectivity index (χ0v) is 10.9.